The Morgan fingerprint density at radius 3 is 2.10 bits per heavy atom. The summed E-state index contributed by atoms with van der Waals surface area (Å²) in [6.45, 7) is 0. The van der Waals surface area contributed by atoms with Crippen LogP contribution in [0.1, 0.15) is 0 Å². The minimum Gasteiger partial charge on any atom is -0.447 e. The summed E-state index contributed by atoms with van der Waals surface area (Å²) >= 11 is 23.4. The Balaban J connectivity index is 2.48. The molecule has 0 atom stereocenters. The number of rotatable bonds is 3. The molecule has 2 rings (SSSR count). The van der Waals surface area contributed by atoms with Crippen LogP contribution in [0.15, 0.2) is 30.3 Å². The van der Waals surface area contributed by atoms with Crippen LogP contribution in [0.5, 0.6) is 11.5 Å². The monoisotopic (exact) mass is 351 g/mol. The van der Waals surface area contributed by atoms with E-state index < -0.39 is 4.92 Å². The molecule has 0 aromatic heterocycles. The average Bonchev–Trinajstić information content (AvgIpc) is 2.34. The van der Waals surface area contributed by atoms with E-state index in [4.69, 9.17) is 51.1 Å². The molecule has 2 aromatic rings. The van der Waals surface area contributed by atoms with Gasteiger partial charge in [0.05, 0.1) is 15.0 Å². The van der Waals surface area contributed by atoms with Crippen LogP contribution >= 0.6 is 46.4 Å². The summed E-state index contributed by atoms with van der Waals surface area (Å²) in [5.41, 5.74) is -0.292. The van der Waals surface area contributed by atoms with E-state index in [1.807, 2.05) is 0 Å². The van der Waals surface area contributed by atoms with Gasteiger partial charge in [0.2, 0.25) is 5.75 Å². The molecular formula is C12H5Cl4NO3. The molecule has 0 bridgehead atoms. The van der Waals surface area contributed by atoms with E-state index in [1.165, 1.54) is 30.3 Å². The van der Waals surface area contributed by atoms with Crippen LogP contribution in [0.25, 0.3) is 0 Å². The summed E-state index contributed by atoms with van der Waals surface area (Å²) in [7, 11) is 0. The largest absolute Gasteiger partial charge is 0.447 e. The predicted octanol–water partition coefficient (Wildman–Crippen LogP) is 6.00. The molecule has 2 aromatic carbocycles. The topological polar surface area (TPSA) is 52.4 Å². The van der Waals surface area contributed by atoms with Crippen molar-refractivity contribution in [2.24, 2.45) is 0 Å². The molecule has 0 heterocycles. The molecule has 0 amide bonds. The number of nitrogens with zero attached hydrogens (tertiary/aromatic N) is 1. The molecule has 0 spiro atoms. The minimum atomic E-state index is -0.612. The Hall–Kier alpha value is -1.20. The Morgan fingerprint density at radius 2 is 1.55 bits per heavy atom. The van der Waals surface area contributed by atoms with Crippen LogP contribution in [0, 0.1) is 10.1 Å². The molecule has 0 N–H and O–H groups in total. The Bertz CT molecular complexity index is 667. The highest BCUT2D eigenvalue weighted by Gasteiger charge is 2.19. The van der Waals surface area contributed by atoms with Crippen LogP contribution < -0.4 is 4.74 Å². The van der Waals surface area contributed by atoms with Crippen LogP contribution in [0.2, 0.25) is 20.1 Å². The Morgan fingerprint density at radius 1 is 0.950 bits per heavy atom. The molecule has 0 radical (unpaired) electrons. The van der Waals surface area contributed by atoms with Gasteiger partial charge in [-0.1, -0.05) is 46.4 Å². The lowest BCUT2D eigenvalue weighted by Crippen LogP contribution is -1.94. The van der Waals surface area contributed by atoms with Gasteiger partial charge in [0.25, 0.3) is 0 Å². The van der Waals surface area contributed by atoms with Crippen molar-refractivity contribution in [2.45, 2.75) is 0 Å². The fourth-order valence-corrected chi connectivity index (χ4v) is 2.52. The van der Waals surface area contributed by atoms with E-state index in [0.29, 0.717) is 5.02 Å². The predicted molar refractivity (Wildman–Crippen MR) is 79.7 cm³/mol. The van der Waals surface area contributed by atoms with E-state index in [0.717, 1.165) is 0 Å². The van der Waals surface area contributed by atoms with Crippen LogP contribution in [0.3, 0.4) is 0 Å². The highest BCUT2D eigenvalue weighted by Crippen LogP contribution is 2.41. The van der Waals surface area contributed by atoms with Crippen LogP contribution in [0.4, 0.5) is 5.69 Å². The minimum absolute atomic E-state index is 0.0227. The van der Waals surface area contributed by atoms with Gasteiger partial charge in [-0.3, -0.25) is 10.1 Å². The summed E-state index contributed by atoms with van der Waals surface area (Å²) in [5, 5.41) is 11.8. The second kappa shape index (κ2) is 6.06. The number of ether oxygens (including phenoxy) is 1. The zero-order chi connectivity index (χ0) is 14.9. The van der Waals surface area contributed by atoms with E-state index in [9.17, 15) is 10.1 Å². The maximum Gasteiger partial charge on any atom is 0.313 e. The highest BCUT2D eigenvalue weighted by atomic mass is 35.5. The van der Waals surface area contributed by atoms with Crippen molar-refractivity contribution in [1.29, 1.82) is 0 Å². The van der Waals surface area contributed by atoms with Gasteiger partial charge >= 0.3 is 5.69 Å². The summed E-state index contributed by atoms with van der Waals surface area (Å²) < 4.78 is 5.42. The van der Waals surface area contributed by atoms with E-state index in [-0.39, 0.29) is 32.3 Å². The van der Waals surface area contributed by atoms with E-state index >= 15 is 0 Å². The van der Waals surface area contributed by atoms with Gasteiger partial charge in [-0.2, -0.15) is 0 Å². The quantitative estimate of drug-likeness (QED) is 0.502. The van der Waals surface area contributed by atoms with Crippen molar-refractivity contribution in [2.75, 3.05) is 0 Å². The van der Waals surface area contributed by atoms with Gasteiger partial charge in [-0.05, 0) is 24.3 Å². The molecule has 0 unspecified atom stereocenters. The van der Waals surface area contributed by atoms with Crippen molar-refractivity contribution < 1.29 is 9.66 Å². The lowest BCUT2D eigenvalue weighted by atomic mass is 10.3. The third kappa shape index (κ3) is 3.27. The number of hydrogen-bond donors (Lipinski definition) is 0. The van der Waals surface area contributed by atoms with Crippen molar-refractivity contribution in [3.63, 3.8) is 0 Å². The Kier molecular flexibility index (Phi) is 4.60. The van der Waals surface area contributed by atoms with E-state index in [2.05, 4.69) is 0 Å². The van der Waals surface area contributed by atoms with Crippen molar-refractivity contribution in [3.05, 3.63) is 60.5 Å². The summed E-state index contributed by atoms with van der Waals surface area (Å²) in [4.78, 5) is 10.4. The molecular weight excluding hydrogens is 348 g/mol. The van der Waals surface area contributed by atoms with Crippen molar-refractivity contribution in [3.8, 4) is 11.5 Å². The fraction of sp³-hybridized carbons (Fsp3) is 0. The van der Waals surface area contributed by atoms with Crippen LogP contribution in [-0.2, 0) is 0 Å². The molecule has 20 heavy (non-hydrogen) atoms. The normalized spacial score (nSPS) is 10.4. The molecule has 0 aliphatic rings. The number of hydrogen-bond acceptors (Lipinski definition) is 3. The summed E-state index contributed by atoms with van der Waals surface area (Å²) in [6, 6.07) is 6.84. The molecule has 0 saturated carbocycles. The second-order valence-electron chi connectivity index (χ2n) is 3.67. The average molecular weight is 353 g/mol. The first-order valence-corrected chi connectivity index (χ1v) is 6.66. The third-order valence-corrected chi connectivity index (χ3v) is 3.31. The van der Waals surface area contributed by atoms with Gasteiger partial charge in [-0.15, -0.1) is 0 Å². The zero-order valence-corrected chi connectivity index (χ0v) is 12.6. The fourth-order valence-electron chi connectivity index (χ4n) is 1.46. The first-order chi connectivity index (χ1) is 9.38. The number of nitro benzene ring substituents is 1. The number of halogens is 4. The van der Waals surface area contributed by atoms with Gasteiger partial charge in [0.1, 0.15) is 0 Å². The van der Waals surface area contributed by atoms with Crippen LogP contribution in [-0.4, -0.2) is 4.92 Å². The van der Waals surface area contributed by atoms with Gasteiger partial charge < -0.3 is 4.74 Å². The molecule has 8 heteroatoms. The maximum absolute atomic E-state index is 11.0. The standard InChI is InChI=1S/C12H5Cl4NO3/c13-6-1-2-11(10(5-6)17(18)19)20-12-8(15)3-7(14)4-9(12)16/h1-5H. The van der Waals surface area contributed by atoms with Gasteiger partial charge in [-0.25, -0.2) is 0 Å². The number of benzene rings is 2. The maximum atomic E-state index is 11.0. The zero-order valence-electron chi connectivity index (χ0n) is 9.57. The lowest BCUT2D eigenvalue weighted by molar-refractivity contribution is -0.385. The first kappa shape index (κ1) is 15.2. The summed E-state index contributed by atoms with van der Waals surface area (Å²) in [5.74, 6) is 0.0636. The summed E-state index contributed by atoms with van der Waals surface area (Å²) in [6.07, 6.45) is 0. The molecule has 104 valence electrons. The SMILES string of the molecule is O=[N+]([O-])c1cc(Cl)ccc1Oc1c(Cl)cc(Cl)cc1Cl. The third-order valence-electron chi connectivity index (χ3n) is 2.29. The highest BCUT2D eigenvalue weighted by molar-refractivity contribution is 6.40. The molecule has 0 aliphatic heterocycles. The van der Waals surface area contributed by atoms with E-state index in [1.54, 1.807) is 0 Å². The van der Waals surface area contributed by atoms with Crippen molar-refractivity contribution in [1.82, 2.24) is 0 Å². The second-order valence-corrected chi connectivity index (χ2v) is 5.36. The first-order valence-electron chi connectivity index (χ1n) is 5.15. The van der Waals surface area contributed by atoms with Gasteiger partial charge in [0.15, 0.2) is 5.75 Å². The molecule has 0 saturated heterocycles. The molecule has 0 aliphatic carbocycles. The molecule has 4 nitrogen and oxygen atoms in total. The number of nitro groups is 1. The van der Waals surface area contributed by atoms with Crippen molar-refractivity contribution >= 4 is 52.1 Å². The lowest BCUT2D eigenvalue weighted by Gasteiger charge is -2.10. The smallest absolute Gasteiger partial charge is 0.313 e. The molecule has 0 fully saturated rings. The van der Waals surface area contributed by atoms with Gasteiger partial charge in [0, 0.05) is 16.1 Å². The Labute approximate surface area is 133 Å².